The van der Waals surface area contributed by atoms with Gasteiger partial charge in [0.25, 0.3) is 0 Å². The van der Waals surface area contributed by atoms with Gasteiger partial charge in [-0.2, -0.15) is 10.2 Å². The van der Waals surface area contributed by atoms with Gasteiger partial charge in [-0.25, -0.2) is 9.18 Å². The highest BCUT2D eigenvalue weighted by Crippen LogP contribution is 2.24. The van der Waals surface area contributed by atoms with Crippen molar-refractivity contribution in [3.8, 4) is 11.8 Å². The summed E-state index contributed by atoms with van der Waals surface area (Å²) in [5, 5.41) is 9.38. The maximum atomic E-state index is 13.0. The number of benzene rings is 1. The standard InChI is InChI=1S/C20H23FN4O4/c1-20(2,3)29-19(26)25-10-8-24(9-11-25)18-16(12-22)23-17(28-18)13-27-15-6-4-14(21)5-7-15/h4-7H,8-11,13H2,1-3H3. The quantitative estimate of drug-likeness (QED) is 0.775. The number of halogens is 1. The monoisotopic (exact) mass is 402 g/mol. The van der Waals surface area contributed by atoms with E-state index in [2.05, 4.69) is 4.98 Å². The van der Waals surface area contributed by atoms with Crippen LogP contribution in [0.3, 0.4) is 0 Å². The Morgan fingerprint density at radius 3 is 2.48 bits per heavy atom. The first-order chi connectivity index (χ1) is 13.7. The lowest BCUT2D eigenvalue weighted by Crippen LogP contribution is -2.50. The van der Waals surface area contributed by atoms with Gasteiger partial charge in [-0.05, 0) is 45.0 Å². The lowest BCUT2D eigenvalue weighted by molar-refractivity contribution is 0.0239. The number of ether oxygens (including phenoxy) is 2. The van der Waals surface area contributed by atoms with Gasteiger partial charge in [-0.15, -0.1) is 0 Å². The smallest absolute Gasteiger partial charge is 0.410 e. The zero-order valence-corrected chi connectivity index (χ0v) is 16.6. The van der Waals surface area contributed by atoms with Gasteiger partial charge in [-0.1, -0.05) is 0 Å². The Kier molecular flexibility index (Phi) is 5.92. The molecule has 0 N–H and O–H groups in total. The number of carbonyl (C=O) groups excluding carboxylic acids is 1. The van der Waals surface area contributed by atoms with Crippen LogP contribution in [-0.2, 0) is 11.3 Å². The highest BCUT2D eigenvalue weighted by atomic mass is 19.1. The van der Waals surface area contributed by atoms with E-state index in [-0.39, 0.29) is 30.1 Å². The second-order valence-corrected chi connectivity index (χ2v) is 7.57. The summed E-state index contributed by atoms with van der Waals surface area (Å²) >= 11 is 0. The Hall–Kier alpha value is -3.28. The molecule has 1 amide bonds. The number of carbonyl (C=O) groups is 1. The molecular formula is C20H23FN4O4. The zero-order chi connectivity index (χ0) is 21.0. The van der Waals surface area contributed by atoms with Crippen LogP contribution in [0.1, 0.15) is 32.4 Å². The largest absolute Gasteiger partial charge is 0.484 e. The minimum atomic E-state index is -0.549. The highest BCUT2D eigenvalue weighted by Gasteiger charge is 2.29. The lowest BCUT2D eigenvalue weighted by atomic mass is 10.2. The van der Waals surface area contributed by atoms with E-state index >= 15 is 0 Å². The Labute approximate surface area is 168 Å². The van der Waals surface area contributed by atoms with Crippen LogP contribution in [-0.4, -0.2) is 47.8 Å². The van der Waals surface area contributed by atoms with Gasteiger partial charge in [0, 0.05) is 26.2 Å². The first kappa shape index (κ1) is 20.5. The van der Waals surface area contributed by atoms with Crippen molar-refractivity contribution in [2.24, 2.45) is 0 Å². The van der Waals surface area contributed by atoms with Crippen LogP contribution in [0.15, 0.2) is 28.7 Å². The van der Waals surface area contributed by atoms with Crippen LogP contribution in [0.2, 0.25) is 0 Å². The zero-order valence-electron chi connectivity index (χ0n) is 16.6. The minimum Gasteiger partial charge on any atom is -0.484 e. The average Bonchev–Trinajstić information content (AvgIpc) is 3.10. The molecule has 9 heteroatoms. The first-order valence-corrected chi connectivity index (χ1v) is 9.26. The molecule has 1 fully saturated rings. The Balaban J connectivity index is 1.60. The molecule has 2 heterocycles. The van der Waals surface area contributed by atoms with Crippen molar-refractivity contribution in [2.75, 3.05) is 31.1 Å². The van der Waals surface area contributed by atoms with Crippen LogP contribution in [0, 0.1) is 17.1 Å². The van der Waals surface area contributed by atoms with E-state index in [4.69, 9.17) is 13.9 Å². The van der Waals surface area contributed by atoms with E-state index in [1.54, 1.807) is 4.90 Å². The van der Waals surface area contributed by atoms with Crippen molar-refractivity contribution in [1.29, 1.82) is 5.26 Å². The molecule has 1 aliphatic heterocycles. The molecule has 2 aromatic rings. The number of hydrogen-bond acceptors (Lipinski definition) is 7. The third-order valence-electron chi connectivity index (χ3n) is 4.15. The molecule has 0 bridgehead atoms. The van der Waals surface area contributed by atoms with E-state index in [1.807, 2.05) is 31.7 Å². The fourth-order valence-electron chi connectivity index (χ4n) is 2.80. The van der Waals surface area contributed by atoms with Crippen molar-refractivity contribution >= 4 is 12.0 Å². The summed E-state index contributed by atoms with van der Waals surface area (Å²) in [4.78, 5) is 19.8. The average molecular weight is 402 g/mol. The summed E-state index contributed by atoms with van der Waals surface area (Å²) in [5.41, 5.74) is -0.388. The van der Waals surface area contributed by atoms with Gasteiger partial charge in [0.15, 0.2) is 6.61 Å². The third-order valence-corrected chi connectivity index (χ3v) is 4.15. The number of amides is 1. The van der Waals surface area contributed by atoms with Crippen LogP contribution >= 0.6 is 0 Å². The van der Waals surface area contributed by atoms with Crippen molar-refractivity contribution < 1.29 is 23.1 Å². The molecule has 0 aliphatic carbocycles. The predicted octanol–water partition coefficient (Wildman–Crippen LogP) is 3.32. The Morgan fingerprint density at radius 1 is 1.24 bits per heavy atom. The molecule has 29 heavy (non-hydrogen) atoms. The van der Waals surface area contributed by atoms with Crippen molar-refractivity contribution in [3.05, 3.63) is 41.7 Å². The van der Waals surface area contributed by atoms with Crippen LogP contribution in [0.25, 0.3) is 0 Å². The summed E-state index contributed by atoms with van der Waals surface area (Å²) in [6.07, 6.45) is -0.358. The number of hydrogen-bond donors (Lipinski definition) is 0. The number of oxazole rings is 1. The molecule has 0 unspecified atom stereocenters. The molecule has 3 rings (SSSR count). The number of nitriles is 1. The number of nitrogens with zero attached hydrogens (tertiary/aromatic N) is 4. The molecule has 1 aliphatic rings. The fraction of sp³-hybridized carbons (Fsp3) is 0.450. The van der Waals surface area contributed by atoms with Gasteiger partial charge in [0.2, 0.25) is 17.5 Å². The molecular weight excluding hydrogens is 379 g/mol. The summed E-state index contributed by atoms with van der Waals surface area (Å²) in [6, 6.07) is 7.61. The molecule has 1 aromatic heterocycles. The summed E-state index contributed by atoms with van der Waals surface area (Å²) in [7, 11) is 0. The van der Waals surface area contributed by atoms with Gasteiger partial charge < -0.3 is 23.7 Å². The molecule has 0 radical (unpaired) electrons. The highest BCUT2D eigenvalue weighted by molar-refractivity contribution is 5.68. The van der Waals surface area contributed by atoms with Crippen LogP contribution < -0.4 is 9.64 Å². The summed E-state index contributed by atoms with van der Waals surface area (Å²) in [6.45, 7) is 7.35. The van der Waals surface area contributed by atoms with Gasteiger partial charge in [-0.3, -0.25) is 0 Å². The minimum absolute atomic E-state index is 0.0121. The van der Waals surface area contributed by atoms with E-state index in [1.165, 1.54) is 24.3 Å². The van der Waals surface area contributed by atoms with Crippen molar-refractivity contribution in [2.45, 2.75) is 33.0 Å². The van der Waals surface area contributed by atoms with Gasteiger partial charge in [0.1, 0.15) is 23.2 Å². The molecule has 1 aromatic carbocycles. The topological polar surface area (TPSA) is 91.8 Å². The van der Waals surface area contributed by atoms with Crippen LogP contribution in [0.4, 0.5) is 15.1 Å². The maximum absolute atomic E-state index is 13.0. The van der Waals surface area contributed by atoms with Gasteiger partial charge in [0.05, 0.1) is 0 Å². The fourth-order valence-corrected chi connectivity index (χ4v) is 2.80. The van der Waals surface area contributed by atoms with Gasteiger partial charge >= 0.3 is 6.09 Å². The SMILES string of the molecule is CC(C)(C)OC(=O)N1CCN(c2oc(COc3ccc(F)cc3)nc2C#N)CC1. The molecule has 0 saturated carbocycles. The van der Waals surface area contributed by atoms with E-state index in [0.717, 1.165) is 0 Å². The Bertz CT molecular complexity index is 891. The lowest BCUT2D eigenvalue weighted by Gasteiger charge is -2.35. The normalized spacial score (nSPS) is 14.4. The summed E-state index contributed by atoms with van der Waals surface area (Å²) in [5.74, 6) is 0.716. The van der Waals surface area contributed by atoms with E-state index < -0.39 is 5.60 Å². The maximum Gasteiger partial charge on any atom is 0.410 e. The van der Waals surface area contributed by atoms with Crippen molar-refractivity contribution in [3.63, 3.8) is 0 Å². The molecule has 8 nitrogen and oxygen atoms in total. The Morgan fingerprint density at radius 2 is 1.90 bits per heavy atom. The molecule has 154 valence electrons. The second kappa shape index (κ2) is 8.39. The van der Waals surface area contributed by atoms with Crippen molar-refractivity contribution in [1.82, 2.24) is 9.88 Å². The molecule has 0 spiro atoms. The summed E-state index contributed by atoms with van der Waals surface area (Å²) < 4.78 is 29.6. The third kappa shape index (κ3) is 5.38. The molecule has 0 atom stereocenters. The van der Waals surface area contributed by atoms with Crippen LogP contribution in [0.5, 0.6) is 5.75 Å². The molecule has 1 saturated heterocycles. The number of aromatic nitrogens is 1. The second-order valence-electron chi connectivity index (χ2n) is 7.57. The van der Waals surface area contributed by atoms with E-state index in [0.29, 0.717) is 37.8 Å². The first-order valence-electron chi connectivity index (χ1n) is 9.26. The number of rotatable bonds is 4. The van der Waals surface area contributed by atoms with E-state index in [9.17, 15) is 14.4 Å². The predicted molar refractivity (Wildman–Crippen MR) is 102 cm³/mol. The number of piperazine rings is 1. The number of anilines is 1.